The van der Waals surface area contributed by atoms with Crippen molar-refractivity contribution in [2.45, 2.75) is 35.3 Å². The molecule has 7 heteroatoms. The van der Waals surface area contributed by atoms with Crippen molar-refractivity contribution in [2.24, 2.45) is 0 Å². The summed E-state index contributed by atoms with van der Waals surface area (Å²) in [5.41, 5.74) is 1.03. The van der Waals surface area contributed by atoms with Crippen LogP contribution in [0.1, 0.15) is 25.3 Å². The average Bonchev–Trinajstić information content (AvgIpc) is 3.03. The number of thioether (sulfide) groups is 1. The third-order valence-corrected chi connectivity index (χ3v) is 7.61. The van der Waals surface area contributed by atoms with E-state index in [1.165, 1.54) is 11.3 Å². The van der Waals surface area contributed by atoms with E-state index < -0.39 is 10.0 Å². The second kappa shape index (κ2) is 6.13. The van der Waals surface area contributed by atoms with E-state index in [0.717, 1.165) is 31.5 Å². The van der Waals surface area contributed by atoms with Crippen molar-refractivity contribution in [1.82, 2.24) is 10.0 Å². The smallest absolute Gasteiger partial charge is 0.250 e. The van der Waals surface area contributed by atoms with Gasteiger partial charge in [-0.05, 0) is 42.7 Å². The van der Waals surface area contributed by atoms with E-state index in [2.05, 4.69) is 10.0 Å². The molecule has 0 aliphatic heterocycles. The van der Waals surface area contributed by atoms with E-state index >= 15 is 0 Å². The van der Waals surface area contributed by atoms with Crippen LogP contribution in [0.3, 0.4) is 0 Å². The molecule has 0 radical (unpaired) electrons. The summed E-state index contributed by atoms with van der Waals surface area (Å²) < 4.78 is 27.7. The summed E-state index contributed by atoms with van der Waals surface area (Å²) in [6, 6.07) is 1.76. The highest BCUT2D eigenvalue weighted by atomic mass is 32.2. The van der Waals surface area contributed by atoms with Gasteiger partial charge in [0.2, 0.25) is 10.0 Å². The van der Waals surface area contributed by atoms with Crippen LogP contribution in [0.5, 0.6) is 0 Å². The van der Waals surface area contributed by atoms with Gasteiger partial charge in [-0.3, -0.25) is 0 Å². The fourth-order valence-corrected chi connectivity index (χ4v) is 4.95. The summed E-state index contributed by atoms with van der Waals surface area (Å²) in [7, 11) is -3.34. The summed E-state index contributed by atoms with van der Waals surface area (Å²) >= 11 is 3.05. The van der Waals surface area contributed by atoms with E-state index in [9.17, 15) is 8.42 Å². The lowest BCUT2D eigenvalue weighted by molar-refractivity contribution is 0.581. The Morgan fingerprint density at radius 1 is 1.47 bits per heavy atom. The lowest BCUT2D eigenvalue weighted by atomic mass is 10.3. The molecule has 0 atom stereocenters. The maximum Gasteiger partial charge on any atom is 0.250 e. The fraction of sp³-hybridized carbons (Fsp3) is 0.667. The van der Waals surface area contributed by atoms with Crippen molar-refractivity contribution in [3.8, 4) is 0 Å². The Morgan fingerprint density at radius 3 is 2.79 bits per heavy atom. The van der Waals surface area contributed by atoms with Crippen LogP contribution >= 0.6 is 23.1 Å². The van der Waals surface area contributed by atoms with Gasteiger partial charge in [-0.25, -0.2) is 13.1 Å². The quantitative estimate of drug-likeness (QED) is 0.769. The van der Waals surface area contributed by atoms with Crippen molar-refractivity contribution < 1.29 is 8.42 Å². The highest BCUT2D eigenvalue weighted by Gasteiger charge is 2.42. The molecule has 19 heavy (non-hydrogen) atoms. The SMILES string of the molecule is CCNCc1csc(S(=O)(=O)NCC2(SC)CC2)c1. The van der Waals surface area contributed by atoms with Crippen molar-refractivity contribution in [3.05, 3.63) is 17.0 Å². The molecule has 1 heterocycles. The third-order valence-electron chi connectivity index (χ3n) is 3.30. The zero-order valence-corrected chi connectivity index (χ0v) is 13.7. The summed E-state index contributed by atoms with van der Waals surface area (Å²) in [4.78, 5) is 0. The predicted molar refractivity (Wildman–Crippen MR) is 82.4 cm³/mol. The molecule has 0 saturated heterocycles. The van der Waals surface area contributed by atoms with Crippen LogP contribution in [-0.2, 0) is 16.6 Å². The normalized spacial score (nSPS) is 17.6. The van der Waals surface area contributed by atoms with E-state index in [4.69, 9.17) is 0 Å². The van der Waals surface area contributed by atoms with Gasteiger partial charge >= 0.3 is 0 Å². The van der Waals surface area contributed by atoms with Gasteiger partial charge in [0.1, 0.15) is 4.21 Å². The van der Waals surface area contributed by atoms with E-state index in [-0.39, 0.29) is 4.75 Å². The van der Waals surface area contributed by atoms with Crippen LogP contribution in [0, 0.1) is 0 Å². The minimum atomic E-state index is -3.34. The highest BCUT2D eigenvalue weighted by Crippen LogP contribution is 2.46. The second-order valence-corrected chi connectivity index (χ2v) is 8.95. The summed E-state index contributed by atoms with van der Waals surface area (Å²) in [5.74, 6) is 0. The highest BCUT2D eigenvalue weighted by molar-refractivity contribution is 8.00. The zero-order chi connectivity index (χ0) is 13.9. The number of hydrogen-bond acceptors (Lipinski definition) is 5. The Morgan fingerprint density at radius 2 is 2.21 bits per heavy atom. The molecule has 1 aliphatic rings. The molecule has 0 bridgehead atoms. The third kappa shape index (κ3) is 3.95. The molecular formula is C12H20N2O2S3. The van der Waals surface area contributed by atoms with Crippen molar-refractivity contribution in [2.75, 3.05) is 19.3 Å². The van der Waals surface area contributed by atoms with Gasteiger partial charge in [0.25, 0.3) is 0 Å². The Balaban J connectivity index is 1.97. The summed E-state index contributed by atoms with van der Waals surface area (Å²) in [6.45, 7) is 4.17. The molecule has 2 rings (SSSR count). The standard InChI is InChI=1S/C12H20N2O2S3/c1-3-13-7-10-6-11(18-8-10)19(15,16)14-9-12(17-2)4-5-12/h6,8,13-14H,3-5,7,9H2,1-2H3. The van der Waals surface area contributed by atoms with Gasteiger partial charge in [-0.1, -0.05) is 6.92 Å². The first-order valence-electron chi connectivity index (χ1n) is 6.34. The lowest BCUT2D eigenvalue weighted by Gasteiger charge is -2.12. The molecule has 0 aromatic carbocycles. The number of thiophene rings is 1. The minimum Gasteiger partial charge on any atom is -0.313 e. The summed E-state index contributed by atoms with van der Waals surface area (Å²) in [6.07, 6.45) is 4.25. The van der Waals surface area contributed by atoms with Crippen molar-refractivity contribution in [3.63, 3.8) is 0 Å². The van der Waals surface area contributed by atoms with Crippen molar-refractivity contribution >= 4 is 33.1 Å². The van der Waals surface area contributed by atoms with Gasteiger partial charge < -0.3 is 5.32 Å². The molecule has 0 spiro atoms. The zero-order valence-electron chi connectivity index (χ0n) is 11.2. The number of nitrogens with one attached hydrogen (secondary N) is 2. The van der Waals surface area contributed by atoms with Crippen LogP contribution in [-0.4, -0.2) is 32.5 Å². The van der Waals surface area contributed by atoms with Gasteiger partial charge in [-0.2, -0.15) is 11.8 Å². The van der Waals surface area contributed by atoms with Gasteiger partial charge in [0.05, 0.1) is 0 Å². The van der Waals surface area contributed by atoms with E-state index in [0.29, 0.717) is 10.8 Å². The van der Waals surface area contributed by atoms with Crippen LogP contribution in [0.2, 0.25) is 0 Å². The largest absolute Gasteiger partial charge is 0.313 e. The second-order valence-electron chi connectivity index (χ2n) is 4.77. The van der Waals surface area contributed by atoms with Crippen LogP contribution in [0.25, 0.3) is 0 Å². The maximum absolute atomic E-state index is 12.2. The number of rotatable bonds is 8. The van der Waals surface area contributed by atoms with E-state index in [1.54, 1.807) is 17.8 Å². The van der Waals surface area contributed by atoms with E-state index in [1.807, 2.05) is 18.6 Å². The lowest BCUT2D eigenvalue weighted by Crippen LogP contribution is -2.31. The maximum atomic E-state index is 12.2. The molecule has 108 valence electrons. The molecule has 2 N–H and O–H groups in total. The summed E-state index contributed by atoms with van der Waals surface area (Å²) in [5, 5.41) is 5.09. The van der Waals surface area contributed by atoms with Crippen LogP contribution in [0.15, 0.2) is 15.7 Å². The molecule has 4 nitrogen and oxygen atoms in total. The first kappa shape index (κ1) is 15.3. The molecule has 1 saturated carbocycles. The molecule has 0 unspecified atom stereocenters. The average molecular weight is 321 g/mol. The molecule has 1 fully saturated rings. The molecule has 1 aromatic rings. The predicted octanol–water partition coefficient (Wildman–Crippen LogP) is 2.03. The Bertz CT molecular complexity index is 521. The molecular weight excluding hydrogens is 300 g/mol. The van der Waals surface area contributed by atoms with Gasteiger partial charge in [0, 0.05) is 17.8 Å². The molecule has 0 amide bonds. The first-order chi connectivity index (χ1) is 9.01. The Kier molecular flexibility index (Phi) is 4.94. The number of hydrogen-bond donors (Lipinski definition) is 2. The van der Waals surface area contributed by atoms with Gasteiger partial charge in [-0.15, -0.1) is 11.3 Å². The van der Waals surface area contributed by atoms with Crippen molar-refractivity contribution in [1.29, 1.82) is 0 Å². The van der Waals surface area contributed by atoms with Crippen LogP contribution in [0.4, 0.5) is 0 Å². The minimum absolute atomic E-state index is 0.150. The molecule has 1 aliphatic carbocycles. The van der Waals surface area contributed by atoms with Gasteiger partial charge in [0.15, 0.2) is 0 Å². The first-order valence-corrected chi connectivity index (χ1v) is 9.93. The van der Waals surface area contributed by atoms with Crippen LogP contribution < -0.4 is 10.0 Å². The monoisotopic (exact) mass is 320 g/mol. The number of sulfonamides is 1. The Labute approximate surface area is 123 Å². The Hall–Kier alpha value is -0.0800. The fourth-order valence-electron chi connectivity index (χ4n) is 1.75. The molecule has 1 aromatic heterocycles. The topological polar surface area (TPSA) is 58.2 Å².